The number of aromatic nitrogens is 2. The van der Waals surface area contributed by atoms with Crippen LogP contribution in [0.4, 0.5) is 0 Å². The van der Waals surface area contributed by atoms with Crippen LogP contribution in [-0.2, 0) is 0 Å². The van der Waals surface area contributed by atoms with Crippen LogP contribution in [0.15, 0.2) is 24.3 Å². The summed E-state index contributed by atoms with van der Waals surface area (Å²) in [6, 6.07) is 8.25. The van der Waals surface area contributed by atoms with Crippen LogP contribution < -0.4 is 5.32 Å². The molecule has 1 aromatic carbocycles. The molecule has 142 valence electrons. The van der Waals surface area contributed by atoms with Gasteiger partial charge in [-0.3, -0.25) is 4.79 Å². The van der Waals surface area contributed by atoms with E-state index < -0.39 is 0 Å². The van der Waals surface area contributed by atoms with Crippen molar-refractivity contribution in [2.45, 2.75) is 46.5 Å². The zero-order chi connectivity index (χ0) is 19.4. The van der Waals surface area contributed by atoms with Crippen LogP contribution in [0.2, 0.25) is 0 Å². The molecule has 1 aromatic heterocycles. The maximum atomic E-state index is 13.0. The van der Waals surface area contributed by atoms with Crippen molar-refractivity contribution in [1.29, 1.82) is 0 Å². The molecule has 26 heavy (non-hydrogen) atoms. The molecule has 0 saturated heterocycles. The molecular formula is C21H32N4O. The van der Waals surface area contributed by atoms with E-state index in [0.717, 1.165) is 29.2 Å². The van der Waals surface area contributed by atoms with Crippen LogP contribution in [0.1, 0.15) is 66.8 Å². The molecule has 5 heteroatoms. The molecular weight excluding hydrogens is 324 g/mol. The van der Waals surface area contributed by atoms with E-state index in [0.29, 0.717) is 6.54 Å². The third-order valence-electron chi connectivity index (χ3n) is 4.36. The van der Waals surface area contributed by atoms with Gasteiger partial charge in [0.2, 0.25) is 0 Å². The third-order valence-corrected chi connectivity index (χ3v) is 4.36. The number of likely N-dealkylation sites (N-methyl/N-ethyl adjacent to an activating group) is 1. The van der Waals surface area contributed by atoms with Gasteiger partial charge in [0.15, 0.2) is 0 Å². The number of benzene rings is 1. The molecule has 0 aliphatic heterocycles. The van der Waals surface area contributed by atoms with Crippen molar-refractivity contribution >= 4 is 5.91 Å². The van der Waals surface area contributed by atoms with E-state index in [2.05, 4.69) is 57.0 Å². The minimum atomic E-state index is -0.0295. The number of carbonyl (C=O) groups excluding carboxylic acids is 1. The highest BCUT2D eigenvalue weighted by atomic mass is 16.1. The van der Waals surface area contributed by atoms with Crippen molar-refractivity contribution < 1.29 is 4.79 Å². The van der Waals surface area contributed by atoms with E-state index in [-0.39, 0.29) is 17.7 Å². The van der Waals surface area contributed by atoms with Gasteiger partial charge in [-0.25, -0.2) is 4.68 Å². The van der Waals surface area contributed by atoms with Gasteiger partial charge in [0.25, 0.3) is 5.91 Å². The molecule has 2 aromatic rings. The van der Waals surface area contributed by atoms with Crippen molar-refractivity contribution in [1.82, 2.24) is 20.0 Å². The Labute approximate surface area is 157 Å². The Balaban J connectivity index is 2.53. The van der Waals surface area contributed by atoms with Crippen molar-refractivity contribution in [3.8, 4) is 5.69 Å². The monoisotopic (exact) mass is 356 g/mol. The SMILES string of the molecule is Cc1cccc(-n2nc(C(C)C)c(C(=O)NCCN(C)C)c2C(C)C)c1. The zero-order valence-corrected chi connectivity index (χ0v) is 17.1. The summed E-state index contributed by atoms with van der Waals surface area (Å²) in [5.41, 5.74) is 4.74. The highest BCUT2D eigenvalue weighted by Crippen LogP contribution is 2.30. The lowest BCUT2D eigenvalue weighted by molar-refractivity contribution is 0.0948. The van der Waals surface area contributed by atoms with Gasteiger partial charge in [0.05, 0.1) is 22.6 Å². The van der Waals surface area contributed by atoms with Gasteiger partial charge >= 0.3 is 0 Å². The van der Waals surface area contributed by atoms with Crippen molar-refractivity contribution in [3.05, 3.63) is 46.8 Å². The maximum Gasteiger partial charge on any atom is 0.255 e. The summed E-state index contributed by atoms with van der Waals surface area (Å²) in [6.45, 7) is 11.9. The molecule has 5 nitrogen and oxygen atoms in total. The largest absolute Gasteiger partial charge is 0.351 e. The van der Waals surface area contributed by atoms with E-state index in [1.54, 1.807) is 0 Å². The lowest BCUT2D eigenvalue weighted by Crippen LogP contribution is -2.32. The first-order valence-electron chi connectivity index (χ1n) is 9.35. The fourth-order valence-corrected chi connectivity index (χ4v) is 3.06. The summed E-state index contributed by atoms with van der Waals surface area (Å²) in [6.07, 6.45) is 0. The fraction of sp³-hybridized carbons (Fsp3) is 0.524. The lowest BCUT2D eigenvalue weighted by Gasteiger charge is -2.15. The predicted octanol–water partition coefficient (Wildman–Crippen LogP) is 3.72. The van der Waals surface area contributed by atoms with Crippen LogP contribution >= 0.6 is 0 Å². The zero-order valence-electron chi connectivity index (χ0n) is 17.1. The molecule has 0 aliphatic carbocycles. The van der Waals surface area contributed by atoms with Crippen molar-refractivity contribution in [2.75, 3.05) is 27.2 Å². The average molecular weight is 357 g/mol. The van der Waals surface area contributed by atoms with E-state index in [1.807, 2.05) is 30.9 Å². The first-order valence-corrected chi connectivity index (χ1v) is 9.35. The van der Waals surface area contributed by atoms with Crippen molar-refractivity contribution in [3.63, 3.8) is 0 Å². The molecule has 1 heterocycles. The molecule has 2 rings (SSSR count). The number of nitrogens with zero attached hydrogens (tertiary/aromatic N) is 3. The van der Waals surface area contributed by atoms with Crippen LogP contribution in [0, 0.1) is 6.92 Å². The fourth-order valence-electron chi connectivity index (χ4n) is 3.06. The van der Waals surface area contributed by atoms with E-state index in [4.69, 9.17) is 5.10 Å². The molecule has 1 N–H and O–H groups in total. The summed E-state index contributed by atoms with van der Waals surface area (Å²) >= 11 is 0. The van der Waals surface area contributed by atoms with Crippen LogP contribution in [0.5, 0.6) is 0 Å². The van der Waals surface area contributed by atoms with Crippen molar-refractivity contribution in [2.24, 2.45) is 0 Å². The van der Waals surface area contributed by atoms with Gasteiger partial charge in [0, 0.05) is 13.1 Å². The Morgan fingerprint density at radius 2 is 1.88 bits per heavy atom. The van der Waals surface area contributed by atoms with E-state index >= 15 is 0 Å². The Hall–Kier alpha value is -2.14. The Bertz CT molecular complexity index is 759. The number of nitrogens with one attached hydrogen (secondary N) is 1. The van der Waals surface area contributed by atoms with Crippen LogP contribution in [0.3, 0.4) is 0 Å². The molecule has 0 radical (unpaired) electrons. The first kappa shape index (κ1) is 20.2. The number of carbonyl (C=O) groups is 1. The van der Waals surface area contributed by atoms with Gasteiger partial charge in [-0.05, 0) is 50.6 Å². The minimum Gasteiger partial charge on any atom is -0.351 e. The molecule has 1 amide bonds. The molecule has 0 fully saturated rings. The van der Waals surface area contributed by atoms with Crippen LogP contribution in [-0.4, -0.2) is 47.8 Å². The standard InChI is InChI=1S/C21H32N4O/c1-14(2)19-18(21(26)22-11-12-24(6)7)20(15(3)4)25(23-19)17-10-8-9-16(5)13-17/h8-10,13-15H,11-12H2,1-7H3,(H,22,26). The van der Waals surface area contributed by atoms with E-state index in [9.17, 15) is 4.79 Å². The molecule has 0 unspecified atom stereocenters. The molecule has 0 atom stereocenters. The second-order valence-corrected chi connectivity index (χ2v) is 7.76. The predicted molar refractivity (Wildman–Crippen MR) is 107 cm³/mol. The maximum absolute atomic E-state index is 13.0. The second kappa shape index (κ2) is 8.49. The third kappa shape index (κ3) is 4.52. The molecule has 0 spiro atoms. The van der Waals surface area contributed by atoms with Crippen LogP contribution in [0.25, 0.3) is 5.69 Å². The number of aryl methyl sites for hydroxylation is 1. The number of hydrogen-bond donors (Lipinski definition) is 1. The highest BCUT2D eigenvalue weighted by molar-refractivity contribution is 5.97. The van der Waals surface area contributed by atoms with E-state index in [1.165, 1.54) is 5.56 Å². The summed E-state index contributed by atoms with van der Waals surface area (Å²) in [7, 11) is 4.00. The Morgan fingerprint density at radius 1 is 1.19 bits per heavy atom. The quantitative estimate of drug-likeness (QED) is 0.822. The number of hydrogen-bond acceptors (Lipinski definition) is 3. The lowest BCUT2D eigenvalue weighted by atomic mass is 9.98. The summed E-state index contributed by atoms with van der Waals surface area (Å²) < 4.78 is 1.95. The van der Waals surface area contributed by atoms with Gasteiger partial charge in [0.1, 0.15) is 0 Å². The molecule has 0 saturated carbocycles. The van der Waals surface area contributed by atoms with Gasteiger partial charge in [-0.15, -0.1) is 0 Å². The minimum absolute atomic E-state index is 0.0295. The first-order chi connectivity index (χ1) is 12.2. The smallest absolute Gasteiger partial charge is 0.255 e. The Morgan fingerprint density at radius 3 is 2.42 bits per heavy atom. The van der Waals surface area contributed by atoms with Gasteiger partial charge in [-0.2, -0.15) is 5.10 Å². The van der Waals surface area contributed by atoms with Gasteiger partial charge in [-0.1, -0.05) is 39.8 Å². The normalized spacial score (nSPS) is 11.6. The number of rotatable bonds is 7. The average Bonchev–Trinajstić information content (AvgIpc) is 2.95. The highest BCUT2D eigenvalue weighted by Gasteiger charge is 2.27. The Kier molecular flexibility index (Phi) is 6.59. The van der Waals surface area contributed by atoms with Gasteiger partial charge < -0.3 is 10.2 Å². The molecule has 0 aliphatic rings. The second-order valence-electron chi connectivity index (χ2n) is 7.76. The molecule has 0 bridgehead atoms. The number of amides is 1. The summed E-state index contributed by atoms with van der Waals surface area (Å²) in [5, 5.41) is 7.92. The summed E-state index contributed by atoms with van der Waals surface area (Å²) in [5.74, 6) is 0.330. The topological polar surface area (TPSA) is 50.2 Å². The summed E-state index contributed by atoms with van der Waals surface area (Å²) in [4.78, 5) is 15.1.